The van der Waals surface area contributed by atoms with Gasteiger partial charge in [0.1, 0.15) is 22.6 Å². The Morgan fingerprint density at radius 3 is 1.80 bits per heavy atom. The summed E-state index contributed by atoms with van der Waals surface area (Å²) in [4.78, 5) is 23.1. The maximum absolute atomic E-state index is 11.8. The molecule has 0 aliphatic heterocycles. The first-order chi connectivity index (χ1) is 24.2. The molecule has 4 aromatic heterocycles. The zero-order valence-electron chi connectivity index (χ0n) is 26.5. The number of ether oxygens (including phenoxy) is 2. The van der Waals surface area contributed by atoms with Gasteiger partial charge in [0.15, 0.2) is 0 Å². The molecule has 50 heavy (non-hydrogen) atoms. The second kappa shape index (κ2) is 15.1. The first-order valence-electron chi connectivity index (χ1n) is 14.9. The summed E-state index contributed by atoms with van der Waals surface area (Å²) in [6.07, 6.45) is 3.23. The second-order valence-electron chi connectivity index (χ2n) is 10.6. The van der Waals surface area contributed by atoms with Gasteiger partial charge in [0.2, 0.25) is 0 Å². The van der Waals surface area contributed by atoms with Crippen molar-refractivity contribution in [1.29, 1.82) is 0 Å². The molecule has 8 aromatic rings. The van der Waals surface area contributed by atoms with Crippen molar-refractivity contribution in [3.8, 4) is 11.3 Å². The first-order valence-corrected chi connectivity index (χ1v) is 15.7. The third kappa shape index (κ3) is 7.37. The summed E-state index contributed by atoms with van der Waals surface area (Å²) >= 11 is 3.35. The Labute approximate surface area is 292 Å². The molecule has 0 aliphatic rings. The van der Waals surface area contributed by atoms with Gasteiger partial charge in [-0.05, 0) is 76.6 Å². The summed E-state index contributed by atoms with van der Waals surface area (Å²) in [6.45, 7) is 0. The van der Waals surface area contributed by atoms with Crippen molar-refractivity contribution in [1.82, 2.24) is 20.4 Å². The number of esters is 2. The Morgan fingerprint density at radius 1 is 0.680 bits per heavy atom. The van der Waals surface area contributed by atoms with E-state index in [9.17, 15) is 9.59 Å². The fourth-order valence-corrected chi connectivity index (χ4v) is 5.42. The number of aromatic nitrogens is 4. The maximum Gasteiger partial charge on any atom is 0.526 e. The van der Waals surface area contributed by atoms with Crippen LogP contribution in [-0.2, 0) is 9.47 Å². The average Bonchev–Trinajstić information content (AvgIpc) is 3.79. The van der Waals surface area contributed by atoms with Crippen molar-refractivity contribution in [3.63, 3.8) is 0 Å². The molecule has 8 rings (SSSR count). The summed E-state index contributed by atoms with van der Waals surface area (Å²) in [5, 5.41) is 37.0. The Kier molecular flexibility index (Phi) is 10.2. The molecule has 0 aliphatic carbocycles. The molecular formula is C36H26BBrN4O8. The van der Waals surface area contributed by atoms with Crippen LogP contribution in [0.3, 0.4) is 0 Å². The topological polar surface area (TPSA) is 171 Å². The number of methoxy groups -OCH3 is 2. The molecule has 0 atom stereocenters. The molecule has 2 N–H and O–H groups in total. The number of halogens is 1. The number of rotatable bonds is 4. The van der Waals surface area contributed by atoms with E-state index >= 15 is 0 Å². The molecule has 0 saturated carbocycles. The van der Waals surface area contributed by atoms with Crippen LogP contribution in [0.5, 0.6) is 0 Å². The first kappa shape index (κ1) is 33.9. The fraction of sp³-hybridized carbons (Fsp3) is 0.0556. The van der Waals surface area contributed by atoms with Crippen LogP contribution < -0.4 is 5.66 Å². The van der Waals surface area contributed by atoms with Gasteiger partial charge in [0, 0.05) is 31.6 Å². The van der Waals surface area contributed by atoms with Crippen molar-refractivity contribution < 1.29 is 37.9 Å². The van der Waals surface area contributed by atoms with Crippen LogP contribution in [0.25, 0.3) is 55.1 Å². The molecule has 0 bridgehead atoms. The van der Waals surface area contributed by atoms with Gasteiger partial charge in [-0.2, -0.15) is 20.4 Å². The van der Waals surface area contributed by atoms with E-state index in [1.54, 1.807) is 60.9 Å². The Morgan fingerprint density at radius 2 is 1.22 bits per heavy atom. The van der Waals surface area contributed by atoms with Gasteiger partial charge in [-0.25, -0.2) is 9.59 Å². The number of furan rings is 2. The quantitative estimate of drug-likeness (QED) is 0.157. The predicted octanol–water partition coefficient (Wildman–Crippen LogP) is 6.12. The smallest absolute Gasteiger partial charge is 0.465 e. The monoisotopic (exact) mass is 732 g/mol. The number of carbonyl (C=O) groups is 2. The molecule has 14 heteroatoms. The van der Waals surface area contributed by atoms with Crippen LogP contribution in [0.2, 0.25) is 0 Å². The minimum absolute atomic E-state index is 0.177. The molecule has 0 fully saturated rings. The largest absolute Gasteiger partial charge is 0.526 e. The van der Waals surface area contributed by atoms with Gasteiger partial charge < -0.3 is 28.4 Å². The number of benzene rings is 4. The van der Waals surface area contributed by atoms with Crippen LogP contribution in [0.1, 0.15) is 20.7 Å². The molecule has 0 radical (unpaired) electrons. The van der Waals surface area contributed by atoms with E-state index in [0.717, 1.165) is 42.7 Å². The van der Waals surface area contributed by atoms with E-state index in [0.29, 0.717) is 28.0 Å². The van der Waals surface area contributed by atoms with Crippen LogP contribution >= 0.6 is 15.9 Å². The molecule has 12 nitrogen and oxygen atoms in total. The Balaban J connectivity index is 0.000000138. The third-order valence-electron chi connectivity index (χ3n) is 7.46. The Bertz CT molecular complexity index is 2420. The van der Waals surface area contributed by atoms with Gasteiger partial charge in [-0.3, -0.25) is 0 Å². The van der Waals surface area contributed by atoms with Crippen molar-refractivity contribution >= 4 is 84.4 Å². The zero-order valence-corrected chi connectivity index (χ0v) is 28.1. The molecule has 4 aromatic carbocycles. The Hall–Kier alpha value is -5.96. The van der Waals surface area contributed by atoms with Crippen LogP contribution in [0, 0.1) is 0 Å². The lowest BCUT2D eigenvalue weighted by molar-refractivity contribution is 0.0592. The molecule has 0 spiro atoms. The summed E-state index contributed by atoms with van der Waals surface area (Å²) in [6, 6.07) is 29.0. The number of hydrogen-bond acceptors (Lipinski definition) is 12. The lowest BCUT2D eigenvalue weighted by Gasteiger charge is -2.04. The highest BCUT2D eigenvalue weighted by Crippen LogP contribution is 2.32. The van der Waals surface area contributed by atoms with Gasteiger partial charge in [-0.15, -0.1) is 0 Å². The summed E-state index contributed by atoms with van der Waals surface area (Å²) in [7, 11) is 1.18. The number of para-hydroxylation sites is 2. The molecule has 248 valence electrons. The fourth-order valence-electron chi connectivity index (χ4n) is 5.01. The van der Waals surface area contributed by atoms with Crippen LogP contribution in [-0.4, -0.2) is 63.7 Å². The molecule has 0 unspecified atom stereocenters. The van der Waals surface area contributed by atoms with Crippen LogP contribution in [0.4, 0.5) is 0 Å². The van der Waals surface area contributed by atoms with Crippen molar-refractivity contribution in [2.24, 2.45) is 0 Å². The SMILES string of the molecule is COC(=O)c1ccc2nncc(-c3cc4ccccc4o3)c2c1.COC(=O)c1ccc2nncc(Br)c2c1.OB(O)c1cc2ccccc2o1. The lowest BCUT2D eigenvalue weighted by Crippen LogP contribution is -2.27. The van der Waals surface area contributed by atoms with E-state index in [1.165, 1.54) is 14.2 Å². The van der Waals surface area contributed by atoms with Crippen molar-refractivity contribution in [3.05, 3.63) is 125 Å². The summed E-state index contributed by atoms with van der Waals surface area (Å²) in [5.74, 6) is -0.0620. The number of carbonyl (C=O) groups excluding carboxylic acids is 2. The van der Waals surface area contributed by atoms with E-state index in [1.807, 2.05) is 48.5 Å². The van der Waals surface area contributed by atoms with Gasteiger partial charge in [0.25, 0.3) is 0 Å². The molecule has 0 amide bonds. The summed E-state index contributed by atoms with van der Waals surface area (Å²) in [5.41, 5.74) is 4.82. The molecule has 0 saturated heterocycles. The van der Waals surface area contributed by atoms with E-state index in [-0.39, 0.29) is 17.6 Å². The van der Waals surface area contributed by atoms with Gasteiger partial charge in [-0.1, -0.05) is 36.4 Å². The van der Waals surface area contributed by atoms with Gasteiger partial charge in [0.05, 0.1) is 48.8 Å². The minimum atomic E-state index is -1.53. The van der Waals surface area contributed by atoms with E-state index in [2.05, 4.69) is 41.1 Å². The minimum Gasteiger partial charge on any atom is -0.465 e. The standard InChI is InChI=1S/C18H12N2O3.C10H7BrN2O2.C8H7BO3/c1-22-18(21)12-6-7-15-13(8-12)14(10-19-20-15)17-9-11-4-2-3-5-16(11)23-17;1-15-10(14)6-2-3-9-7(4-6)8(11)5-12-13-9;10-9(11)8-5-6-3-1-2-4-7(6)12-8/h2-10H,1H3;2-5H,1H3;1-5,10-11H. The number of hydrogen-bond donors (Lipinski definition) is 2. The van der Waals surface area contributed by atoms with E-state index in [4.69, 9.17) is 23.6 Å². The normalized spacial score (nSPS) is 10.7. The van der Waals surface area contributed by atoms with E-state index < -0.39 is 7.12 Å². The highest BCUT2D eigenvalue weighted by atomic mass is 79.9. The maximum atomic E-state index is 11.8. The second-order valence-corrected chi connectivity index (χ2v) is 11.5. The van der Waals surface area contributed by atoms with Crippen molar-refractivity contribution in [2.45, 2.75) is 0 Å². The van der Waals surface area contributed by atoms with Gasteiger partial charge >= 0.3 is 19.1 Å². The van der Waals surface area contributed by atoms with Crippen molar-refractivity contribution in [2.75, 3.05) is 14.2 Å². The number of fused-ring (bicyclic) bond motifs is 4. The lowest BCUT2D eigenvalue weighted by atomic mass is 9.88. The zero-order chi connectivity index (χ0) is 35.2. The average molecular weight is 733 g/mol. The molecular weight excluding hydrogens is 707 g/mol. The van der Waals surface area contributed by atoms with Crippen LogP contribution in [0.15, 0.2) is 123 Å². The highest BCUT2D eigenvalue weighted by Gasteiger charge is 2.16. The molecule has 4 heterocycles. The number of nitrogens with zero attached hydrogens (tertiary/aromatic N) is 4. The summed E-state index contributed by atoms with van der Waals surface area (Å²) < 4.78 is 21.3. The predicted molar refractivity (Wildman–Crippen MR) is 191 cm³/mol. The third-order valence-corrected chi connectivity index (χ3v) is 8.09. The highest BCUT2D eigenvalue weighted by molar-refractivity contribution is 9.10.